The van der Waals surface area contributed by atoms with Crippen LogP contribution in [0.4, 0.5) is 0 Å². The standard InChI is InChI=1S/C19H24O3/c1-13-10-17-14(2)11-18(20)19(17,12-13)8-9-22-16-6-4-15(21-3)5-7-16/h4-7,14,17H,1,8-12H2,2-3H3/t14-,17+,19+/m0/s1. The van der Waals surface area contributed by atoms with Crippen LogP contribution in [0.25, 0.3) is 0 Å². The summed E-state index contributed by atoms with van der Waals surface area (Å²) < 4.78 is 11.0. The average molecular weight is 300 g/mol. The molecule has 2 saturated carbocycles. The number of hydrogen-bond donors (Lipinski definition) is 0. The second-order valence-electron chi connectivity index (χ2n) is 6.77. The number of rotatable bonds is 5. The molecule has 118 valence electrons. The minimum absolute atomic E-state index is 0.205. The van der Waals surface area contributed by atoms with E-state index in [2.05, 4.69) is 13.5 Å². The molecule has 1 aromatic carbocycles. The van der Waals surface area contributed by atoms with Crippen molar-refractivity contribution in [3.8, 4) is 11.5 Å². The van der Waals surface area contributed by atoms with E-state index in [1.807, 2.05) is 24.3 Å². The lowest BCUT2D eigenvalue weighted by Gasteiger charge is -2.28. The van der Waals surface area contributed by atoms with Crippen LogP contribution in [0.1, 0.15) is 32.6 Å². The predicted octanol–water partition coefficient (Wildman–Crippen LogP) is 4.03. The minimum atomic E-state index is -0.205. The Kier molecular flexibility index (Phi) is 3.98. The molecule has 0 saturated heterocycles. The van der Waals surface area contributed by atoms with Crippen LogP contribution >= 0.6 is 0 Å². The third-order valence-corrected chi connectivity index (χ3v) is 5.41. The summed E-state index contributed by atoms with van der Waals surface area (Å²) in [5, 5.41) is 0. The molecule has 0 bridgehead atoms. The quantitative estimate of drug-likeness (QED) is 0.770. The van der Waals surface area contributed by atoms with Crippen LogP contribution < -0.4 is 9.47 Å². The first kappa shape index (κ1) is 15.1. The number of methoxy groups -OCH3 is 1. The maximum Gasteiger partial charge on any atom is 0.140 e. The smallest absolute Gasteiger partial charge is 0.140 e. The number of allylic oxidation sites excluding steroid dienone is 1. The molecule has 0 heterocycles. The fraction of sp³-hybridized carbons (Fsp3) is 0.526. The number of fused-ring (bicyclic) bond motifs is 1. The fourth-order valence-corrected chi connectivity index (χ4v) is 4.28. The van der Waals surface area contributed by atoms with Crippen LogP contribution in [0.15, 0.2) is 36.4 Å². The van der Waals surface area contributed by atoms with Crippen LogP contribution in [0.5, 0.6) is 11.5 Å². The van der Waals surface area contributed by atoms with Gasteiger partial charge in [-0.25, -0.2) is 0 Å². The number of ether oxygens (including phenoxy) is 2. The van der Waals surface area contributed by atoms with E-state index in [0.29, 0.717) is 24.2 Å². The Balaban J connectivity index is 1.64. The van der Waals surface area contributed by atoms with Gasteiger partial charge < -0.3 is 9.47 Å². The molecule has 3 rings (SSSR count). The summed E-state index contributed by atoms with van der Waals surface area (Å²) in [4.78, 5) is 12.5. The molecule has 2 aliphatic carbocycles. The zero-order valence-electron chi connectivity index (χ0n) is 13.4. The number of carbonyl (C=O) groups excluding carboxylic acids is 1. The van der Waals surface area contributed by atoms with Gasteiger partial charge in [-0.2, -0.15) is 0 Å². The van der Waals surface area contributed by atoms with E-state index in [9.17, 15) is 4.79 Å². The van der Waals surface area contributed by atoms with E-state index < -0.39 is 0 Å². The molecule has 0 amide bonds. The molecule has 0 aliphatic heterocycles. The number of ketones is 1. The van der Waals surface area contributed by atoms with Gasteiger partial charge in [0.1, 0.15) is 17.3 Å². The summed E-state index contributed by atoms with van der Waals surface area (Å²) >= 11 is 0. The summed E-state index contributed by atoms with van der Waals surface area (Å²) in [7, 11) is 1.65. The molecular weight excluding hydrogens is 276 g/mol. The van der Waals surface area contributed by atoms with Gasteiger partial charge in [0.15, 0.2) is 0 Å². The Morgan fingerprint density at radius 3 is 2.59 bits per heavy atom. The Morgan fingerprint density at radius 1 is 1.23 bits per heavy atom. The predicted molar refractivity (Wildman–Crippen MR) is 86.2 cm³/mol. The highest BCUT2D eigenvalue weighted by Crippen LogP contribution is 2.57. The van der Waals surface area contributed by atoms with Crippen molar-refractivity contribution in [2.75, 3.05) is 13.7 Å². The molecule has 3 nitrogen and oxygen atoms in total. The van der Waals surface area contributed by atoms with Crippen molar-refractivity contribution < 1.29 is 14.3 Å². The van der Waals surface area contributed by atoms with Gasteiger partial charge in [0.05, 0.1) is 13.7 Å². The summed E-state index contributed by atoms with van der Waals surface area (Å²) in [5.74, 6) is 3.00. The number of Topliss-reactive ketones (excluding diaryl/α,β-unsaturated/α-hetero) is 1. The zero-order chi connectivity index (χ0) is 15.7. The van der Waals surface area contributed by atoms with Crippen LogP contribution in [0, 0.1) is 17.3 Å². The minimum Gasteiger partial charge on any atom is -0.497 e. The second-order valence-corrected chi connectivity index (χ2v) is 6.77. The van der Waals surface area contributed by atoms with Crippen LogP contribution in [-0.2, 0) is 4.79 Å². The van der Waals surface area contributed by atoms with E-state index >= 15 is 0 Å². The maximum atomic E-state index is 12.5. The highest BCUT2D eigenvalue weighted by molar-refractivity contribution is 5.88. The van der Waals surface area contributed by atoms with Crippen molar-refractivity contribution in [2.24, 2.45) is 17.3 Å². The first-order chi connectivity index (χ1) is 10.5. The highest BCUT2D eigenvalue weighted by Gasteiger charge is 2.56. The van der Waals surface area contributed by atoms with Gasteiger partial charge in [-0.15, -0.1) is 0 Å². The lowest BCUT2D eigenvalue weighted by molar-refractivity contribution is -0.127. The van der Waals surface area contributed by atoms with Crippen LogP contribution in [-0.4, -0.2) is 19.5 Å². The van der Waals surface area contributed by atoms with Crippen molar-refractivity contribution in [2.45, 2.75) is 32.6 Å². The Morgan fingerprint density at radius 2 is 1.91 bits per heavy atom. The second kappa shape index (κ2) is 5.79. The molecule has 22 heavy (non-hydrogen) atoms. The van der Waals surface area contributed by atoms with Crippen molar-refractivity contribution in [3.05, 3.63) is 36.4 Å². The van der Waals surface area contributed by atoms with Gasteiger partial charge in [-0.05, 0) is 55.4 Å². The molecule has 1 aromatic rings. The highest BCUT2D eigenvalue weighted by atomic mass is 16.5. The van der Waals surface area contributed by atoms with E-state index in [4.69, 9.17) is 9.47 Å². The van der Waals surface area contributed by atoms with E-state index in [0.717, 1.165) is 37.2 Å². The third kappa shape index (κ3) is 2.53. The van der Waals surface area contributed by atoms with Gasteiger partial charge in [-0.1, -0.05) is 19.1 Å². The molecule has 3 atom stereocenters. The first-order valence-corrected chi connectivity index (χ1v) is 8.02. The first-order valence-electron chi connectivity index (χ1n) is 8.02. The molecule has 0 unspecified atom stereocenters. The molecule has 0 radical (unpaired) electrons. The van der Waals surface area contributed by atoms with Gasteiger partial charge in [0.2, 0.25) is 0 Å². The SMILES string of the molecule is C=C1C[C@@H]2[C@@H](C)CC(=O)[C@]2(CCOc2ccc(OC)cc2)C1. The zero-order valence-corrected chi connectivity index (χ0v) is 13.4. The Bertz CT molecular complexity index is 575. The van der Waals surface area contributed by atoms with Gasteiger partial charge in [0, 0.05) is 11.8 Å². The van der Waals surface area contributed by atoms with Crippen molar-refractivity contribution in [1.82, 2.24) is 0 Å². The van der Waals surface area contributed by atoms with Crippen LogP contribution in [0.3, 0.4) is 0 Å². The molecule has 2 aliphatic rings. The van der Waals surface area contributed by atoms with Gasteiger partial charge >= 0.3 is 0 Å². The summed E-state index contributed by atoms with van der Waals surface area (Å²) in [5.41, 5.74) is 1.03. The normalized spacial score (nSPS) is 30.5. The van der Waals surface area contributed by atoms with Crippen LogP contribution in [0.2, 0.25) is 0 Å². The van der Waals surface area contributed by atoms with E-state index in [1.165, 1.54) is 5.57 Å². The number of benzene rings is 1. The topological polar surface area (TPSA) is 35.5 Å². The molecule has 0 aromatic heterocycles. The third-order valence-electron chi connectivity index (χ3n) is 5.41. The fourth-order valence-electron chi connectivity index (χ4n) is 4.28. The van der Waals surface area contributed by atoms with E-state index in [1.54, 1.807) is 7.11 Å². The van der Waals surface area contributed by atoms with Gasteiger partial charge in [0.25, 0.3) is 0 Å². The number of hydrogen-bond acceptors (Lipinski definition) is 3. The lowest BCUT2D eigenvalue weighted by Crippen LogP contribution is -2.31. The van der Waals surface area contributed by atoms with Crippen molar-refractivity contribution in [3.63, 3.8) is 0 Å². The Labute approximate surface area is 132 Å². The lowest BCUT2D eigenvalue weighted by atomic mass is 9.75. The van der Waals surface area contributed by atoms with E-state index in [-0.39, 0.29) is 5.41 Å². The monoisotopic (exact) mass is 300 g/mol. The van der Waals surface area contributed by atoms with Crippen molar-refractivity contribution >= 4 is 5.78 Å². The molecule has 3 heteroatoms. The molecule has 0 spiro atoms. The Hall–Kier alpha value is -1.77. The van der Waals surface area contributed by atoms with Crippen molar-refractivity contribution in [1.29, 1.82) is 0 Å². The maximum absolute atomic E-state index is 12.5. The molecule has 0 N–H and O–H groups in total. The summed E-state index contributed by atoms with van der Waals surface area (Å²) in [6.45, 7) is 6.91. The largest absolute Gasteiger partial charge is 0.497 e. The summed E-state index contributed by atoms with van der Waals surface area (Å²) in [6.07, 6.45) is 3.38. The molecular formula is C19H24O3. The number of carbonyl (C=O) groups is 1. The summed E-state index contributed by atoms with van der Waals surface area (Å²) in [6, 6.07) is 7.58. The average Bonchev–Trinajstić information content (AvgIpc) is 2.95. The van der Waals surface area contributed by atoms with Gasteiger partial charge in [-0.3, -0.25) is 4.79 Å². The molecule has 2 fully saturated rings.